The van der Waals surface area contributed by atoms with Gasteiger partial charge in [0.25, 0.3) is 0 Å². The number of hydrogen-bond donors (Lipinski definition) is 1. The Morgan fingerprint density at radius 3 is 2.43 bits per heavy atom. The van der Waals surface area contributed by atoms with E-state index in [1.807, 2.05) is 0 Å². The molecule has 3 atom stereocenters. The van der Waals surface area contributed by atoms with Crippen LogP contribution >= 0.6 is 0 Å². The van der Waals surface area contributed by atoms with Crippen LogP contribution in [0.4, 0.5) is 5.69 Å². The third-order valence-electron chi connectivity index (χ3n) is 4.63. The standard InChI is InChI=1S/C18H30N2O/c1-14-5-6-17(13-15(14)2)19-16-7-9-18(10-8-16)21-12-11-20(3)4/h7-10,14-15,17,19H,5-6,11-13H2,1-4H3. The fourth-order valence-corrected chi connectivity index (χ4v) is 2.91. The van der Waals surface area contributed by atoms with Gasteiger partial charge in [-0.3, -0.25) is 0 Å². The van der Waals surface area contributed by atoms with Crippen molar-refractivity contribution in [2.24, 2.45) is 11.8 Å². The summed E-state index contributed by atoms with van der Waals surface area (Å²) < 4.78 is 5.72. The number of hydrogen-bond acceptors (Lipinski definition) is 3. The third kappa shape index (κ3) is 5.24. The van der Waals surface area contributed by atoms with E-state index in [4.69, 9.17) is 4.74 Å². The van der Waals surface area contributed by atoms with Crippen molar-refractivity contribution in [3.63, 3.8) is 0 Å². The van der Waals surface area contributed by atoms with E-state index >= 15 is 0 Å². The summed E-state index contributed by atoms with van der Waals surface area (Å²) in [5.74, 6) is 2.65. The van der Waals surface area contributed by atoms with Gasteiger partial charge in [0.1, 0.15) is 12.4 Å². The Morgan fingerprint density at radius 1 is 1.10 bits per heavy atom. The Kier molecular flexibility index (Phi) is 5.92. The van der Waals surface area contributed by atoms with Gasteiger partial charge in [0.15, 0.2) is 0 Å². The molecule has 0 aliphatic heterocycles. The molecule has 0 bridgehead atoms. The van der Waals surface area contributed by atoms with Gasteiger partial charge in [-0.05, 0) is 69.5 Å². The van der Waals surface area contributed by atoms with Gasteiger partial charge < -0.3 is 15.0 Å². The first-order chi connectivity index (χ1) is 10.0. The lowest BCUT2D eigenvalue weighted by atomic mass is 9.79. The quantitative estimate of drug-likeness (QED) is 0.861. The van der Waals surface area contributed by atoms with Crippen molar-refractivity contribution in [2.45, 2.75) is 39.2 Å². The predicted octanol–water partition coefficient (Wildman–Crippen LogP) is 3.86. The fourth-order valence-electron chi connectivity index (χ4n) is 2.91. The van der Waals surface area contributed by atoms with Crippen molar-refractivity contribution in [1.29, 1.82) is 0 Å². The fraction of sp³-hybridized carbons (Fsp3) is 0.667. The van der Waals surface area contributed by atoms with Crippen LogP contribution in [0.2, 0.25) is 0 Å². The molecule has 0 radical (unpaired) electrons. The smallest absolute Gasteiger partial charge is 0.119 e. The molecule has 1 aromatic rings. The first kappa shape index (κ1) is 16.2. The van der Waals surface area contributed by atoms with Gasteiger partial charge in [0, 0.05) is 18.3 Å². The monoisotopic (exact) mass is 290 g/mol. The van der Waals surface area contributed by atoms with Crippen molar-refractivity contribution in [2.75, 3.05) is 32.6 Å². The minimum absolute atomic E-state index is 0.622. The van der Waals surface area contributed by atoms with E-state index in [-0.39, 0.29) is 0 Å². The van der Waals surface area contributed by atoms with E-state index in [9.17, 15) is 0 Å². The summed E-state index contributed by atoms with van der Waals surface area (Å²) in [6.07, 6.45) is 3.90. The SMILES string of the molecule is CC1CCC(Nc2ccc(OCCN(C)C)cc2)CC1C. The molecule has 118 valence electrons. The molecule has 0 aromatic heterocycles. The topological polar surface area (TPSA) is 24.5 Å². The third-order valence-corrected chi connectivity index (χ3v) is 4.63. The van der Waals surface area contributed by atoms with Crippen LogP contribution in [0, 0.1) is 11.8 Å². The van der Waals surface area contributed by atoms with Crippen LogP contribution < -0.4 is 10.1 Å². The van der Waals surface area contributed by atoms with E-state index < -0.39 is 0 Å². The average molecular weight is 290 g/mol. The summed E-state index contributed by atoms with van der Waals surface area (Å²) >= 11 is 0. The van der Waals surface area contributed by atoms with Crippen molar-refractivity contribution in [1.82, 2.24) is 4.90 Å². The zero-order valence-electron chi connectivity index (χ0n) is 13.9. The number of anilines is 1. The zero-order chi connectivity index (χ0) is 15.2. The van der Waals surface area contributed by atoms with E-state index in [0.29, 0.717) is 6.04 Å². The van der Waals surface area contributed by atoms with Crippen LogP contribution in [0.25, 0.3) is 0 Å². The number of rotatable bonds is 6. The first-order valence-corrected chi connectivity index (χ1v) is 8.18. The Labute approximate surface area is 129 Å². The first-order valence-electron chi connectivity index (χ1n) is 8.18. The molecule has 1 saturated carbocycles. The Morgan fingerprint density at radius 2 is 1.81 bits per heavy atom. The molecule has 1 fully saturated rings. The molecule has 0 spiro atoms. The Hall–Kier alpha value is -1.22. The Balaban J connectivity index is 1.79. The van der Waals surface area contributed by atoms with Gasteiger partial charge in [-0.15, -0.1) is 0 Å². The maximum Gasteiger partial charge on any atom is 0.119 e. The summed E-state index contributed by atoms with van der Waals surface area (Å²) in [7, 11) is 4.12. The normalized spacial score (nSPS) is 25.9. The lowest BCUT2D eigenvalue weighted by molar-refractivity contribution is 0.260. The van der Waals surface area contributed by atoms with Gasteiger partial charge in [0.2, 0.25) is 0 Å². The molecule has 21 heavy (non-hydrogen) atoms. The number of likely N-dealkylation sites (N-methyl/N-ethyl adjacent to an activating group) is 1. The van der Waals surface area contributed by atoms with Crippen LogP contribution in [-0.2, 0) is 0 Å². The van der Waals surface area contributed by atoms with Crippen molar-refractivity contribution in [3.8, 4) is 5.75 Å². The van der Waals surface area contributed by atoms with Gasteiger partial charge in [-0.25, -0.2) is 0 Å². The van der Waals surface area contributed by atoms with Gasteiger partial charge >= 0.3 is 0 Å². The second kappa shape index (κ2) is 7.69. The molecule has 3 nitrogen and oxygen atoms in total. The molecule has 1 aliphatic rings. The van der Waals surface area contributed by atoms with Crippen molar-refractivity contribution in [3.05, 3.63) is 24.3 Å². The maximum atomic E-state index is 5.72. The number of ether oxygens (including phenoxy) is 1. The molecule has 0 amide bonds. The van der Waals surface area contributed by atoms with Crippen LogP contribution in [0.5, 0.6) is 5.75 Å². The number of nitrogens with one attached hydrogen (secondary N) is 1. The predicted molar refractivity (Wildman–Crippen MR) is 90.1 cm³/mol. The Bertz CT molecular complexity index is 416. The van der Waals surface area contributed by atoms with Gasteiger partial charge in [-0.1, -0.05) is 13.8 Å². The van der Waals surface area contributed by atoms with E-state index in [0.717, 1.165) is 30.7 Å². The summed E-state index contributed by atoms with van der Waals surface area (Å²) in [6.45, 7) is 6.43. The minimum Gasteiger partial charge on any atom is -0.492 e. The summed E-state index contributed by atoms with van der Waals surface area (Å²) in [5.41, 5.74) is 1.21. The van der Waals surface area contributed by atoms with Gasteiger partial charge in [0.05, 0.1) is 0 Å². The average Bonchev–Trinajstić information content (AvgIpc) is 2.44. The lowest BCUT2D eigenvalue weighted by Gasteiger charge is -2.33. The molecule has 2 rings (SSSR count). The second-order valence-corrected chi connectivity index (χ2v) is 6.78. The number of benzene rings is 1. The van der Waals surface area contributed by atoms with Crippen LogP contribution in [0.3, 0.4) is 0 Å². The highest BCUT2D eigenvalue weighted by molar-refractivity contribution is 5.47. The summed E-state index contributed by atoms with van der Waals surface area (Å²) in [6, 6.07) is 9.01. The molecule has 1 aliphatic carbocycles. The molecule has 0 heterocycles. The van der Waals surface area contributed by atoms with E-state index in [1.165, 1.54) is 24.9 Å². The highest BCUT2D eigenvalue weighted by Gasteiger charge is 2.24. The molecular weight excluding hydrogens is 260 g/mol. The highest BCUT2D eigenvalue weighted by Crippen LogP contribution is 2.31. The number of nitrogens with zero attached hydrogens (tertiary/aromatic N) is 1. The zero-order valence-corrected chi connectivity index (χ0v) is 13.9. The molecular formula is C18H30N2O. The van der Waals surface area contributed by atoms with Crippen LogP contribution in [0.1, 0.15) is 33.1 Å². The summed E-state index contributed by atoms with van der Waals surface area (Å²) in [5, 5.41) is 3.67. The van der Waals surface area contributed by atoms with Crippen LogP contribution in [0.15, 0.2) is 24.3 Å². The molecule has 3 heteroatoms. The maximum absolute atomic E-state index is 5.72. The molecule has 3 unspecified atom stereocenters. The molecule has 0 saturated heterocycles. The van der Waals surface area contributed by atoms with Gasteiger partial charge in [-0.2, -0.15) is 0 Å². The van der Waals surface area contributed by atoms with Crippen molar-refractivity contribution < 1.29 is 4.74 Å². The van der Waals surface area contributed by atoms with Crippen LogP contribution in [-0.4, -0.2) is 38.2 Å². The largest absolute Gasteiger partial charge is 0.492 e. The molecule has 1 aromatic carbocycles. The highest BCUT2D eigenvalue weighted by atomic mass is 16.5. The summed E-state index contributed by atoms with van der Waals surface area (Å²) in [4.78, 5) is 2.13. The second-order valence-electron chi connectivity index (χ2n) is 6.78. The lowest BCUT2D eigenvalue weighted by Crippen LogP contribution is -2.30. The minimum atomic E-state index is 0.622. The molecule has 1 N–H and O–H groups in total. The van der Waals surface area contributed by atoms with E-state index in [1.54, 1.807) is 0 Å². The van der Waals surface area contributed by atoms with E-state index in [2.05, 4.69) is 62.4 Å². The van der Waals surface area contributed by atoms with Crippen molar-refractivity contribution >= 4 is 5.69 Å².